The van der Waals surface area contributed by atoms with Crippen LogP contribution in [0.15, 0.2) is 58.4 Å². The fourth-order valence-corrected chi connectivity index (χ4v) is 4.38. The molecule has 4 nitrogen and oxygen atoms in total. The summed E-state index contributed by atoms with van der Waals surface area (Å²) >= 11 is 5.14. The van der Waals surface area contributed by atoms with Gasteiger partial charge in [-0.1, -0.05) is 58.0 Å². The van der Waals surface area contributed by atoms with Gasteiger partial charge in [0.1, 0.15) is 3.66 Å². The van der Waals surface area contributed by atoms with Crippen molar-refractivity contribution in [1.82, 2.24) is 0 Å². The van der Waals surface area contributed by atoms with Crippen LogP contribution in [0.3, 0.4) is 0 Å². The quantitative estimate of drug-likeness (QED) is 0.436. The second kappa shape index (κ2) is 5.27. The normalized spacial score (nSPS) is 20.0. The van der Waals surface area contributed by atoms with E-state index in [4.69, 9.17) is 0 Å². The van der Waals surface area contributed by atoms with Crippen molar-refractivity contribution in [2.75, 3.05) is 0 Å². The van der Waals surface area contributed by atoms with Gasteiger partial charge in [-0.25, -0.2) is 0 Å². The van der Waals surface area contributed by atoms with Crippen LogP contribution in [0.2, 0.25) is 0 Å². The van der Waals surface area contributed by atoms with Gasteiger partial charge in [0.2, 0.25) is 0 Å². The Morgan fingerprint density at radius 2 is 1.86 bits per heavy atom. The van der Waals surface area contributed by atoms with Crippen LogP contribution >= 0.6 is 27.7 Å². The molecule has 0 radical (unpaired) electrons. The first-order valence-electron chi connectivity index (χ1n) is 6.29. The molecule has 0 aliphatic carbocycles. The number of nitrogens with zero attached hydrogens (tertiary/aromatic N) is 2. The van der Waals surface area contributed by atoms with Crippen LogP contribution in [0.1, 0.15) is 12.5 Å². The molecule has 0 amide bonds. The van der Waals surface area contributed by atoms with Gasteiger partial charge in [-0.15, -0.1) is 0 Å². The number of nitro groups is 1. The molecule has 0 aromatic heterocycles. The monoisotopic (exact) mass is 362 g/mol. The van der Waals surface area contributed by atoms with Crippen molar-refractivity contribution in [3.05, 3.63) is 64.2 Å². The molecule has 0 saturated heterocycles. The van der Waals surface area contributed by atoms with Crippen molar-refractivity contribution in [2.45, 2.75) is 15.5 Å². The zero-order valence-electron chi connectivity index (χ0n) is 11.1. The van der Waals surface area contributed by atoms with E-state index in [9.17, 15) is 10.1 Å². The first-order chi connectivity index (χ1) is 10.0. The molecule has 0 N–H and O–H groups in total. The van der Waals surface area contributed by atoms with Gasteiger partial charge >= 0.3 is 0 Å². The summed E-state index contributed by atoms with van der Waals surface area (Å²) in [5.74, 6) is 0. The maximum absolute atomic E-state index is 11.2. The molecule has 1 atom stereocenters. The lowest BCUT2D eigenvalue weighted by atomic mass is 10.1. The summed E-state index contributed by atoms with van der Waals surface area (Å²) in [6.45, 7) is 1.93. The molecule has 21 heavy (non-hydrogen) atoms. The molecule has 0 fully saturated rings. The van der Waals surface area contributed by atoms with E-state index < -0.39 is 3.66 Å². The third kappa shape index (κ3) is 2.38. The van der Waals surface area contributed by atoms with Crippen molar-refractivity contribution >= 4 is 44.8 Å². The van der Waals surface area contributed by atoms with E-state index in [1.807, 2.05) is 31.2 Å². The van der Waals surface area contributed by atoms with Crippen LogP contribution in [0, 0.1) is 10.1 Å². The lowest BCUT2D eigenvalue weighted by Crippen LogP contribution is -2.19. The van der Waals surface area contributed by atoms with Crippen LogP contribution in [-0.2, 0) is 3.66 Å². The molecule has 1 unspecified atom stereocenters. The fourth-order valence-electron chi connectivity index (χ4n) is 2.27. The Hall–Kier alpha value is -1.66. The molecule has 6 heteroatoms. The van der Waals surface area contributed by atoms with E-state index in [0.717, 1.165) is 17.0 Å². The van der Waals surface area contributed by atoms with E-state index in [1.54, 1.807) is 18.2 Å². The van der Waals surface area contributed by atoms with E-state index in [2.05, 4.69) is 20.9 Å². The molecule has 0 spiro atoms. The Morgan fingerprint density at radius 3 is 2.62 bits per heavy atom. The maximum Gasteiger partial charge on any atom is 0.282 e. The third-order valence-corrected chi connectivity index (χ3v) is 6.16. The van der Waals surface area contributed by atoms with E-state index in [-0.39, 0.29) is 10.6 Å². The number of fused-ring (bicyclic) bond motifs is 1. The Labute approximate surface area is 134 Å². The van der Waals surface area contributed by atoms with Gasteiger partial charge in [0.15, 0.2) is 0 Å². The average Bonchev–Trinajstić information content (AvgIpc) is 2.71. The van der Waals surface area contributed by atoms with Crippen LogP contribution in [0.25, 0.3) is 0 Å². The number of benzene rings is 2. The van der Waals surface area contributed by atoms with Gasteiger partial charge in [-0.3, -0.25) is 15.1 Å². The van der Waals surface area contributed by atoms with E-state index in [0.29, 0.717) is 4.90 Å². The van der Waals surface area contributed by atoms with Crippen molar-refractivity contribution in [3.8, 4) is 0 Å². The van der Waals surface area contributed by atoms with Crippen LogP contribution in [0.4, 0.5) is 11.4 Å². The van der Waals surface area contributed by atoms with E-state index in [1.165, 1.54) is 17.8 Å². The predicted molar refractivity (Wildman–Crippen MR) is 88.8 cm³/mol. The molecular weight excluding hydrogens is 352 g/mol. The number of para-hydroxylation sites is 2. The highest BCUT2D eigenvalue weighted by Gasteiger charge is 2.41. The molecule has 1 aliphatic heterocycles. The molecule has 106 valence electrons. The summed E-state index contributed by atoms with van der Waals surface area (Å²) in [5.41, 5.74) is 2.91. The lowest BCUT2D eigenvalue weighted by Gasteiger charge is -2.23. The second-order valence-corrected chi connectivity index (χ2v) is 7.61. The lowest BCUT2D eigenvalue weighted by molar-refractivity contribution is -0.387. The van der Waals surface area contributed by atoms with Crippen LogP contribution in [0.5, 0.6) is 0 Å². The fraction of sp³-hybridized carbons (Fsp3) is 0.133. The molecule has 0 saturated carbocycles. The van der Waals surface area contributed by atoms with Gasteiger partial charge in [0, 0.05) is 17.3 Å². The topological polar surface area (TPSA) is 55.5 Å². The molecule has 1 aliphatic rings. The number of halogens is 1. The first-order valence-corrected chi connectivity index (χ1v) is 7.90. The zero-order chi connectivity index (χ0) is 15.0. The molecule has 2 aromatic carbocycles. The molecule has 3 rings (SSSR count). The highest BCUT2D eigenvalue weighted by atomic mass is 79.9. The highest BCUT2D eigenvalue weighted by Crippen LogP contribution is 2.55. The van der Waals surface area contributed by atoms with Gasteiger partial charge in [-0.2, -0.15) is 0 Å². The number of hydrogen-bond donors (Lipinski definition) is 0. The summed E-state index contributed by atoms with van der Waals surface area (Å²) in [6, 6.07) is 14.6. The predicted octanol–water partition coefficient (Wildman–Crippen LogP) is 5.04. The minimum absolute atomic E-state index is 0.110. The van der Waals surface area contributed by atoms with Crippen molar-refractivity contribution in [2.24, 2.45) is 4.99 Å². The standard InChI is InChI=1S/C15H11BrN2O2S/c1-10-15(16,11-6-2-3-7-12(11)17-10)21-14-9-5-4-8-13(14)18(19)20/h2-9H,1H3. The molecule has 0 bridgehead atoms. The average molecular weight is 363 g/mol. The minimum atomic E-state index is -0.560. The van der Waals surface area contributed by atoms with Crippen molar-refractivity contribution < 1.29 is 4.92 Å². The Morgan fingerprint density at radius 1 is 1.19 bits per heavy atom. The number of nitro benzene ring substituents is 1. The highest BCUT2D eigenvalue weighted by molar-refractivity contribution is 9.11. The number of thioether (sulfide) groups is 1. The largest absolute Gasteiger partial charge is 0.282 e. The van der Waals surface area contributed by atoms with Gasteiger partial charge < -0.3 is 0 Å². The maximum atomic E-state index is 11.2. The SMILES string of the molecule is CC1=Nc2ccccc2C1(Br)Sc1ccccc1[N+](=O)[O-]. The Balaban J connectivity index is 2.06. The number of rotatable bonds is 3. The zero-order valence-corrected chi connectivity index (χ0v) is 13.5. The smallest absolute Gasteiger partial charge is 0.258 e. The third-order valence-electron chi connectivity index (χ3n) is 3.32. The van der Waals surface area contributed by atoms with E-state index >= 15 is 0 Å². The van der Waals surface area contributed by atoms with Crippen molar-refractivity contribution in [1.29, 1.82) is 0 Å². The Kier molecular flexibility index (Phi) is 3.59. The summed E-state index contributed by atoms with van der Waals surface area (Å²) < 4.78 is -0.560. The summed E-state index contributed by atoms with van der Waals surface area (Å²) in [6.07, 6.45) is 0. The van der Waals surface area contributed by atoms with Gasteiger partial charge in [0.05, 0.1) is 15.5 Å². The molecule has 1 heterocycles. The Bertz CT molecular complexity index is 763. The second-order valence-electron chi connectivity index (χ2n) is 4.64. The minimum Gasteiger partial charge on any atom is -0.258 e. The number of alkyl halides is 1. The molecule has 2 aromatic rings. The molecular formula is C15H11BrN2O2S. The van der Waals surface area contributed by atoms with Crippen LogP contribution in [-0.4, -0.2) is 10.6 Å². The van der Waals surface area contributed by atoms with Crippen LogP contribution < -0.4 is 0 Å². The van der Waals surface area contributed by atoms with Gasteiger partial charge in [0.25, 0.3) is 5.69 Å². The summed E-state index contributed by atoms with van der Waals surface area (Å²) in [4.78, 5) is 16.0. The summed E-state index contributed by atoms with van der Waals surface area (Å²) in [5, 5.41) is 11.2. The summed E-state index contributed by atoms with van der Waals surface area (Å²) in [7, 11) is 0. The number of aliphatic imine (C=N–C) groups is 1. The van der Waals surface area contributed by atoms with Crippen molar-refractivity contribution in [3.63, 3.8) is 0 Å². The van der Waals surface area contributed by atoms with Gasteiger partial charge in [-0.05, 0) is 19.1 Å². The first kappa shape index (κ1) is 14.3. The number of hydrogen-bond acceptors (Lipinski definition) is 4.